The van der Waals surface area contributed by atoms with E-state index in [2.05, 4.69) is 39.4 Å². The highest BCUT2D eigenvalue weighted by atomic mass is 16.5. The number of anilines is 2. The fourth-order valence-corrected chi connectivity index (χ4v) is 4.21. The molecule has 3 aromatic carbocycles. The lowest BCUT2D eigenvalue weighted by molar-refractivity contribution is -0.121. The van der Waals surface area contributed by atoms with Gasteiger partial charge in [0.15, 0.2) is 0 Å². The maximum atomic E-state index is 13.4. The van der Waals surface area contributed by atoms with Crippen molar-refractivity contribution in [3.8, 4) is 0 Å². The quantitative estimate of drug-likeness (QED) is 0.594. The van der Waals surface area contributed by atoms with Crippen LogP contribution in [0.25, 0.3) is 0 Å². The van der Waals surface area contributed by atoms with Crippen molar-refractivity contribution in [2.45, 2.75) is 19.5 Å². The molecular formula is C27H31N3O2. The van der Waals surface area contributed by atoms with E-state index in [1.54, 1.807) is 0 Å². The van der Waals surface area contributed by atoms with Gasteiger partial charge in [0.1, 0.15) is 6.04 Å². The highest BCUT2D eigenvalue weighted by Crippen LogP contribution is 2.28. The van der Waals surface area contributed by atoms with Crippen molar-refractivity contribution in [1.82, 2.24) is 4.90 Å². The van der Waals surface area contributed by atoms with E-state index in [-0.39, 0.29) is 5.91 Å². The molecule has 32 heavy (non-hydrogen) atoms. The lowest BCUT2D eigenvalue weighted by Crippen LogP contribution is -2.38. The molecule has 1 N–H and O–H groups in total. The van der Waals surface area contributed by atoms with Crippen molar-refractivity contribution >= 4 is 17.3 Å². The molecule has 0 radical (unpaired) electrons. The van der Waals surface area contributed by atoms with Crippen LogP contribution in [0, 0.1) is 6.92 Å². The van der Waals surface area contributed by atoms with Crippen LogP contribution in [0.2, 0.25) is 0 Å². The molecule has 1 amide bonds. The summed E-state index contributed by atoms with van der Waals surface area (Å²) < 4.78 is 5.53. The van der Waals surface area contributed by atoms with Gasteiger partial charge in [-0.3, -0.25) is 9.69 Å². The maximum Gasteiger partial charge on any atom is 0.246 e. The first-order chi connectivity index (χ1) is 15.6. The minimum absolute atomic E-state index is 0.0357. The van der Waals surface area contributed by atoms with Crippen molar-refractivity contribution in [3.05, 3.63) is 95.6 Å². The Labute approximate surface area is 190 Å². The minimum Gasteiger partial charge on any atom is -0.378 e. The van der Waals surface area contributed by atoms with E-state index in [0.717, 1.165) is 37.6 Å². The fourth-order valence-electron chi connectivity index (χ4n) is 4.21. The van der Waals surface area contributed by atoms with Crippen molar-refractivity contribution in [3.63, 3.8) is 0 Å². The number of hydrogen-bond acceptors (Lipinski definition) is 4. The Hall–Kier alpha value is -3.15. The Kier molecular flexibility index (Phi) is 7.20. The second-order valence-corrected chi connectivity index (χ2v) is 8.31. The van der Waals surface area contributed by atoms with Crippen molar-refractivity contribution in [2.75, 3.05) is 43.6 Å². The number of rotatable bonds is 7. The van der Waals surface area contributed by atoms with Gasteiger partial charge in [0.2, 0.25) is 5.91 Å². The van der Waals surface area contributed by atoms with Crippen LogP contribution in [0.3, 0.4) is 0 Å². The lowest BCUT2D eigenvalue weighted by Gasteiger charge is -2.33. The zero-order valence-corrected chi connectivity index (χ0v) is 18.8. The van der Waals surface area contributed by atoms with E-state index < -0.39 is 6.04 Å². The highest BCUT2D eigenvalue weighted by Gasteiger charge is 2.26. The lowest BCUT2D eigenvalue weighted by atomic mass is 10.0. The second-order valence-electron chi connectivity index (χ2n) is 8.31. The van der Waals surface area contributed by atoms with Gasteiger partial charge in [-0.15, -0.1) is 0 Å². The summed E-state index contributed by atoms with van der Waals surface area (Å²) in [5.74, 6) is -0.0357. The number of carbonyl (C=O) groups excluding carboxylic acids is 1. The molecule has 4 rings (SSSR count). The number of nitrogens with one attached hydrogen (secondary N) is 1. The summed E-state index contributed by atoms with van der Waals surface area (Å²) in [7, 11) is 2.02. The first-order valence-corrected chi connectivity index (χ1v) is 11.1. The first-order valence-electron chi connectivity index (χ1n) is 11.1. The summed E-state index contributed by atoms with van der Waals surface area (Å²) in [4.78, 5) is 17.9. The van der Waals surface area contributed by atoms with Gasteiger partial charge < -0.3 is 15.0 Å². The molecule has 1 fully saturated rings. The highest BCUT2D eigenvalue weighted by molar-refractivity contribution is 5.95. The van der Waals surface area contributed by atoms with Crippen LogP contribution in [-0.4, -0.2) is 44.2 Å². The second kappa shape index (κ2) is 10.4. The Balaban J connectivity index is 1.58. The van der Waals surface area contributed by atoms with Crippen molar-refractivity contribution in [1.29, 1.82) is 0 Å². The number of ether oxygens (including phenoxy) is 1. The molecule has 0 aromatic heterocycles. The number of amides is 1. The van der Waals surface area contributed by atoms with E-state index in [1.807, 2.05) is 68.6 Å². The van der Waals surface area contributed by atoms with Gasteiger partial charge in [0.25, 0.3) is 0 Å². The summed E-state index contributed by atoms with van der Waals surface area (Å²) in [5, 5.41) is 3.10. The van der Waals surface area contributed by atoms with E-state index >= 15 is 0 Å². The van der Waals surface area contributed by atoms with E-state index in [0.29, 0.717) is 6.54 Å². The number of benzene rings is 3. The number of likely N-dealkylation sites (N-methyl/N-ethyl adjacent to an activating group) is 1. The smallest absolute Gasteiger partial charge is 0.246 e. The normalized spacial score (nSPS) is 14.9. The number of hydrogen-bond donors (Lipinski definition) is 1. The summed E-state index contributed by atoms with van der Waals surface area (Å²) >= 11 is 0. The van der Waals surface area contributed by atoms with Gasteiger partial charge in [0, 0.05) is 31.0 Å². The van der Waals surface area contributed by atoms with Crippen LogP contribution in [0.1, 0.15) is 22.7 Å². The van der Waals surface area contributed by atoms with Crippen molar-refractivity contribution in [2.24, 2.45) is 0 Å². The van der Waals surface area contributed by atoms with Gasteiger partial charge in [-0.25, -0.2) is 0 Å². The monoisotopic (exact) mass is 429 g/mol. The largest absolute Gasteiger partial charge is 0.378 e. The van der Waals surface area contributed by atoms with Crippen LogP contribution in [0.5, 0.6) is 0 Å². The molecule has 1 unspecified atom stereocenters. The van der Waals surface area contributed by atoms with Crippen LogP contribution in [-0.2, 0) is 16.1 Å². The fraction of sp³-hybridized carbons (Fsp3) is 0.296. The molecule has 3 aromatic rings. The third kappa shape index (κ3) is 5.36. The van der Waals surface area contributed by atoms with Crippen LogP contribution in [0.15, 0.2) is 78.9 Å². The summed E-state index contributed by atoms with van der Waals surface area (Å²) in [5.41, 5.74) is 5.38. The topological polar surface area (TPSA) is 44.8 Å². The molecule has 1 aliphatic rings. The minimum atomic E-state index is -0.407. The average Bonchev–Trinajstić information content (AvgIpc) is 2.82. The molecule has 0 saturated carbocycles. The molecular weight excluding hydrogens is 398 g/mol. The zero-order valence-electron chi connectivity index (χ0n) is 18.8. The summed E-state index contributed by atoms with van der Waals surface area (Å²) in [6, 6.07) is 25.9. The molecule has 0 bridgehead atoms. The molecule has 1 aliphatic heterocycles. The molecule has 1 heterocycles. The first kappa shape index (κ1) is 22.1. The Morgan fingerprint density at radius 2 is 1.62 bits per heavy atom. The molecule has 166 valence electrons. The molecule has 0 aliphatic carbocycles. The summed E-state index contributed by atoms with van der Waals surface area (Å²) in [6.07, 6.45) is 0. The van der Waals surface area contributed by atoms with Crippen LogP contribution < -0.4 is 10.2 Å². The molecule has 5 nitrogen and oxygen atoms in total. The molecule has 1 saturated heterocycles. The summed E-state index contributed by atoms with van der Waals surface area (Å²) in [6.45, 7) is 5.96. The SMILES string of the molecule is Cc1ccc(NC(=O)C(c2ccccc2)N(C)Cc2ccccc2N2CCOCC2)cc1. The molecule has 5 heteroatoms. The molecule has 0 spiro atoms. The number of carbonyl (C=O) groups is 1. The predicted octanol–water partition coefficient (Wildman–Crippen LogP) is 4.64. The van der Waals surface area contributed by atoms with E-state index in [9.17, 15) is 4.79 Å². The Morgan fingerprint density at radius 1 is 0.969 bits per heavy atom. The average molecular weight is 430 g/mol. The van der Waals surface area contributed by atoms with Gasteiger partial charge >= 0.3 is 0 Å². The standard InChI is InChI=1S/C27H31N3O2/c1-21-12-14-24(15-13-21)28-27(31)26(22-8-4-3-5-9-22)29(2)20-23-10-6-7-11-25(23)30-16-18-32-19-17-30/h3-15,26H,16-20H2,1-2H3,(H,28,31). The van der Waals surface area contributed by atoms with Crippen LogP contribution in [0.4, 0.5) is 11.4 Å². The van der Waals surface area contributed by atoms with Crippen LogP contribution >= 0.6 is 0 Å². The van der Waals surface area contributed by atoms with Crippen molar-refractivity contribution < 1.29 is 9.53 Å². The molecule has 1 atom stereocenters. The maximum absolute atomic E-state index is 13.4. The van der Waals surface area contributed by atoms with Gasteiger partial charge in [-0.05, 0) is 43.3 Å². The third-order valence-corrected chi connectivity index (χ3v) is 5.89. The van der Waals surface area contributed by atoms with E-state index in [1.165, 1.54) is 16.8 Å². The van der Waals surface area contributed by atoms with E-state index in [4.69, 9.17) is 4.74 Å². The third-order valence-electron chi connectivity index (χ3n) is 5.89. The van der Waals surface area contributed by atoms with Gasteiger partial charge in [-0.1, -0.05) is 66.2 Å². The predicted molar refractivity (Wildman–Crippen MR) is 130 cm³/mol. The van der Waals surface area contributed by atoms with Gasteiger partial charge in [0.05, 0.1) is 13.2 Å². The Bertz CT molecular complexity index is 1010. The number of aryl methyl sites for hydroxylation is 1. The Morgan fingerprint density at radius 3 is 2.34 bits per heavy atom. The number of para-hydroxylation sites is 1. The number of morpholine rings is 1. The number of nitrogens with zero attached hydrogens (tertiary/aromatic N) is 2. The van der Waals surface area contributed by atoms with Gasteiger partial charge in [-0.2, -0.15) is 0 Å². The zero-order chi connectivity index (χ0) is 22.3.